The highest BCUT2D eigenvalue weighted by atomic mass is 35.5. The minimum Gasteiger partial charge on any atom is -0.325 e. The number of hydrogen-bond acceptors (Lipinski definition) is 5. The van der Waals surface area contributed by atoms with Gasteiger partial charge in [0.15, 0.2) is 5.16 Å². The number of nitrogens with zero attached hydrogens (tertiary/aromatic N) is 2. The Morgan fingerprint density at radius 2 is 2.09 bits per heavy atom. The maximum absolute atomic E-state index is 12.2. The SMILES string of the molecule is Cc1ccc(Cl)cc1NC(=O)[C@@H](C)Sc1nnc(C)c(=O)[nH]1. The van der Waals surface area contributed by atoms with Gasteiger partial charge in [0, 0.05) is 10.7 Å². The summed E-state index contributed by atoms with van der Waals surface area (Å²) in [6.07, 6.45) is 0. The second-order valence-corrected chi connectivity index (χ2v) is 6.52. The van der Waals surface area contributed by atoms with Crippen LogP contribution >= 0.6 is 23.4 Å². The number of hydrogen-bond donors (Lipinski definition) is 2. The third kappa shape index (κ3) is 4.08. The normalized spacial score (nSPS) is 12.0. The summed E-state index contributed by atoms with van der Waals surface area (Å²) >= 11 is 7.06. The quantitative estimate of drug-likeness (QED) is 0.836. The largest absolute Gasteiger partial charge is 0.325 e. The van der Waals surface area contributed by atoms with E-state index in [1.165, 1.54) is 0 Å². The maximum Gasteiger partial charge on any atom is 0.273 e. The Labute approximate surface area is 136 Å². The molecular formula is C14H15ClN4O2S. The van der Waals surface area contributed by atoms with Crippen LogP contribution in [0.25, 0.3) is 0 Å². The van der Waals surface area contributed by atoms with Gasteiger partial charge in [0.1, 0.15) is 5.69 Å². The Hall–Kier alpha value is -1.86. The second-order valence-electron chi connectivity index (χ2n) is 4.75. The molecule has 0 aliphatic heterocycles. The summed E-state index contributed by atoms with van der Waals surface area (Å²) in [7, 11) is 0. The lowest BCUT2D eigenvalue weighted by Crippen LogP contribution is -2.24. The summed E-state index contributed by atoms with van der Waals surface area (Å²) in [5, 5.41) is 10.8. The molecule has 2 aromatic rings. The van der Waals surface area contributed by atoms with Crippen molar-refractivity contribution in [1.29, 1.82) is 0 Å². The van der Waals surface area contributed by atoms with E-state index in [4.69, 9.17) is 11.6 Å². The van der Waals surface area contributed by atoms with Crippen LogP contribution in [-0.4, -0.2) is 26.3 Å². The lowest BCUT2D eigenvalue weighted by atomic mass is 10.2. The van der Waals surface area contributed by atoms with Gasteiger partial charge >= 0.3 is 0 Å². The maximum atomic E-state index is 12.2. The predicted octanol–water partition coefficient (Wildman–Crippen LogP) is 2.55. The third-order valence-corrected chi connectivity index (χ3v) is 4.16. The molecule has 0 saturated heterocycles. The van der Waals surface area contributed by atoms with E-state index in [0.29, 0.717) is 15.9 Å². The highest BCUT2D eigenvalue weighted by Crippen LogP contribution is 2.23. The molecule has 1 atom stereocenters. The molecule has 116 valence electrons. The molecule has 8 heteroatoms. The van der Waals surface area contributed by atoms with Crippen molar-refractivity contribution in [3.05, 3.63) is 44.8 Å². The predicted molar refractivity (Wildman–Crippen MR) is 87.5 cm³/mol. The fourth-order valence-corrected chi connectivity index (χ4v) is 2.53. The molecule has 1 heterocycles. The lowest BCUT2D eigenvalue weighted by Gasteiger charge is -2.13. The first-order valence-electron chi connectivity index (χ1n) is 6.54. The van der Waals surface area contributed by atoms with E-state index in [0.717, 1.165) is 17.3 Å². The van der Waals surface area contributed by atoms with Crippen LogP contribution in [0.15, 0.2) is 28.2 Å². The van der Waals surface area contributed by atoms with Gasteiger partial charge in [-0.25, -0.2) is 0 Å². The van der Waals surface area contributed by atoms with E-state index in [9.17, 15) is 9.59 Å². The zero-order valence-electron chi connectivity index (χ0n) is 12.3. The van der Waals surface area contributed by atoms with Crippen LogP contribution < -0.4 is 10.9 Å². The zero-order chi connectivity index (χ0) is 16.3. The lowest BCUT2D eigenvalue weighted by molar-refractivity contribution is -0.115. The van der Waals surface area contributed by atoms with Crippen molar-refractivity contribution in [2.75, 3.05) is 5.32 Å². The Morgan fingerprint density at radius 3 is 2.77 bits per heavy atom. The highest BCUT2D eigenvalue weighted by molar-refractivity contribution is 8.00. The van der Waals surface area contributed by atoms with Gasteiger partial charge in [-0.2, -0.15) is 0 Å². The molecule has 0 fully saturated rings. The van der Waals surface area contributed by atoms with Crippen LogP contribution in [0.4, 0.5) is 5.69 Å². The van der Waals surface area contributed by atoms with E-state index in [1.54, 1.807) is 26.0 Å². The molecule has 0 spiro atoms. The van der Waals surface area contributed by atoms with Crippen molar-refractivity contribution >= 4 is 35.0 Å². The van der Waals surface area contributed by atoms with Gasteiger partial charge in [0.2, 0.25) is 5.91 Å². The van der Waals surface area contributed by atoms with Gasteiger partial charge < -0.3 is 5.32 Å². The molecule has 6 nitrogen and oxygen atoms in total. The van der Waals surface area contributed by atoms with Gasteiger partial charge in [0.25, 0.3) is 5.56 Å². The van der Waals surface area contributed by atoms with Gasteiger partial charge in [-0.1, -0.05) is 29.4 Å². The average molecular weight is 339 g/mol. The molecule has 0 radical (unpaired) electrons. The van der Waals surface area contributed by atoms with Crippen LogP contribution in [0.3, 0.4) is 0 Å². The van der Waals surface area contributed by atoms with Crippen molar-refractivity contribution in [3.8, 4) is 0 Å². The fourth-order valence-electron chi connectivity index (χ4n) is 1.62. The van der Waals surface area contributed by atoms with Crippen LogP contribution in [0, 0.1) is 13.8 Å². The zero-order valence-corrected chi connectivity index (χ0v) is 13.9. The number of aromatic amines is 1. The van der Waals surface area contributed by atoms with Gasteiger partial charge in [-0.15, -0.1) is 10.2 Å². The molecule has 1 aromatic carbocycles. The fraction of sp³-hybridized carbons (Fsp3) is 0.286. The summed E-state index contributed by atoms with van der Waals surface area (Å²) in [5.74, 6) is -0.210. The molecule has 2 N–H and O–H groups in total. The number of amides is 1. The van der Waals surface area contributed by atoms with Gasteiger partial charge in [-0.3, -0.25) is 14.6 Å². The Kier molecular flexibility index (Phi) is 5.20. The number of H-pyrrole nitrogens is 1. The van der Waals surface area contributed by atoms with E-state index in [2.05, 4.69) is 20.5 Å². The summed E-state index contributed by atoms with van der Waals surface area (Å²) in [6, 6.07) is 5.29. The number of halogens is 1. The molecule has 0 bridgehead atoms. The molecule has 0 saturated carbocycles. The number of thioether (sulfide) groups is 1. The van der Waals surface area contributed by atoms with E-state index >= 15 is 0 Å². The first kappa shape index (κ1) is 16.5. The van der Waals surface area contributed by atoms with E-state index < -0.39 is 5.25 Å². The molecule has 0 aliphatic rings. The van der Waals surface area contributed by atoms with Crippen LogP contribution in [0.2, 0.25) is 5.02 Å². The van der Waals surface area contributed by atoms with Crippen LogP contribution in [0.1, 0.15) is 18.2 Å². The summed E-state index contributed by atoms with van der Waals surface area (Å²) in [6.45, 7) is 5.17. The molecule has 0 aliphatic carbocycles. The minimum atomic E-state index is -0.453. The molecule has 1 amide bonds. The first-order chi connectivity index (χ1) is 10.4. The van der Waals surface area contributed by atoms with Crippen molar-refractivity contribution in [2.45, 2.75) is 31.2 Å². The highest BCUT2D eigenvalue weighted by Gasteiger charge is 2.17. The van der Waals surface area contributed by atoms with Crippen LogP contribution in [-0.2, 0) is 4.79 Å². The Bertz CT molecular complexity index is 763. The molecule has 22 heavy (non-hydrogen) atoms. The van der Waals surface area contributed by atoms with Gasteiger partial charge in [-0.05, 0) is 38.5 Å². The van der Waals surface area contributed by atoms with Crippen LogP contribution in [0.5, 0.6) is 0 Å². The summed E-state index contributed by atoms with van der Waals surface area (Å²) < 4.78 is 0. The molecule has 1 aromatic heterocycles. The van der Waals surface area contributed by atoms with Crippen molar-refractivity contribution < 1.29 is 4.79 Å². The summed E-state index contributed by atoms with van der Waals surface area (Å²) in [5.41, 5.74) is 1.55. The van der Waals surface area contributed by atoms with E-state index in [-0.39, 0.29) is 17.2 Å². The standard InChI is InChI=1S/C14H15ClN4O2S/c1-7-4-5-10(15)6-11(7)16-13(21)9(3)22-14-17-12(20)8(2)18-19-14/h4-6,9H,1-3H3,(H,16,21)(H,17,19,20)/t9-/m1/s1. The number of rotatable bonds is 4. The smallest absolute Gasteiger partial charge is 0.273 e. The topological polar surface area (TPSA) is 87.7 Å². The number of carbonyl (C=O) groups is 1. The first-order valence-corrected chi connectivity index (χ1v) is 7.80. The minimum absolute atomic E-state index is 0.210. The third-order valence-electron chi connectivity index (χ3n) is 2.96. The monoisotopic (exact) mass is 338 g/mol. The number of aromatic nitrogens is 3. The van der Waals surface area contributed by atoms with Crippen molar-refractivity contribution in [3.63, 3.8) is 0 Å². The Morgan fingerprint density at radius 1 is 1.36 bits per heavy atom. The van der Waals surface area contributed by atoms with Gasteiger partial charge in [0.05, 0.1) is 5.25 Å². The average Bonchev–Trinajstić information content (AvgIpc) is 2.46. The van der Waals surface area contributed by atoms with E-state index in [1.807, 2.05) is 13.0 Å². The molecule has 0 unspecified atom stereocenters. The summed E-state index contributed by atoms with van der Waals surface area (Å²) in [4.78, 5) is 26.3. The van der Waals surface area contributed by atoms with Crippen molar-refractivity contribution in [1.82, 2.24) is 15.2 Å². The molecule has 2 rings (SSSR count). The number of nitrogens with one attached hydrogen (secondary N) is 2. The molecular weight excluding hydrogens is 324 g/mol. The number of aryl methyl sites for hydroxylation is 2. The Balaban J connectivity index is 2.07. The second kappa shape index (κ2) is 6.93. The number of carbonyl (C=O) groups excluding carboxylic acids is 1. The number of benzene rings is 1. The van der Waals surface area contributed by atoms with Crippen molar-refractivity contribution in [2.24, 2.45) is 0 Å². The number of anilines is 1.